The lowest BCUT2D eigenvalue weighted by Gasteiger charge is -2.30. The molecule has 1 aliphatic carbocycles. The summed E-state index contributed by atoms with van der Waals surface area (Å²) in [6.07, 6.45) is 2.73. The maximum absolute atomic E-state index is 12.7. The smallest absolute Gasteiger partial charge is 0.205 e. The average Bonchev–Trinajstić information content (AvgIpc) is 3.15. The van der Waals surface area contributed by atoms with E-state index < -0.39 is 5.92 Å². The number of aryl methyl sites for hydroxylation is 1. The first-order valence-electron chi connectivity index (χ1n) is 9.85. The van der Waals surface area contributed by atoms with Crippen LogP contribution in [0.4, 0.5) is 0 Å². The number of benzene rings is 1. The fourth-order valence-electron chi connectivity index (χ4n) is 3.89. The molecule has 5 nitrogen and oxygen atoms in total. The molecule has 1 aromatic heterocycles. The van der Waals surface area contributed by atoms with Gasteiger partial charge in [-0.15, -0.1) is 11.3 Å². The van der Waals surface area contributed by atoms with Gasteiger partial charge in [0.05, 0.1) is 5.92 Å². The molecule has 2 aromatic rings. The number of ketones is 1. The van der Waals surface area contributed by atoms with Crippen LogP contribution >= 0.6 is 27.3 Å². The molecule has 2 N–H and O–H groups in total. The first kappa shape index (κ1) is 20.7. The maximum atomic E-state index is 12.7. The zero-order valence-corrected chi connectivity index (χ0v) is 18.9. The standard InChI is InChI=1S/C23H21BrN2O3S/c1-2-19-13(12-28-15-8-6-14(24)7-9-15)10-20(30-19)21-16(11-25)23(26)29-18-5-3-4-17(27)22(18)21/h6-10,21H,2-5,12,26H2,1H3. The van der Waals surface area contributed by atoms with E-state index in [4.69, 9.17) is 15.2 Å². The van der Waals surface area contributed by atoms with E-state index in [0.717, 1.165) is 33.5 Å². The molecule has 30 heavy (non-hydrogen) atoms. The molecule has 0 spiro atoms. The number of hydrogen-bond acceptors (Lipinski definition) is 6. The number of nitriles is 1. The molecule has 0 amide bonds. The Balaban J connectivity index is 1.69. The molecule has 2 aliphatic rings. The molecular weight excluding hydrogens is 464 g/mol. The summed E-state index contributed by atoms with van der Waals surface area (Å²) in [5.41, 5.74) is 8.03. The highest BCUT2D eigenvalue weighted by atomic mass is 79.9. The largest absolute Gasteiger partial charge is 0.489 e. The molecule has 0 bridgehead atoms. The predicted molar refractivity (Wildman–Crippen MR) is 119 cm³/mol. The van der Waals surface area contributed by atoms with Gasteiger partial charge in [0, 0.05) is 38.2 Å². The van der Waals surface area contributed by atoms with Crippen molar-refractivity contribution in [2.45, 2.75) is 45.1 Å². The van der Waals surface area contributed by atoms with E-state index in [0.29, 0.717) is 36.4 Å². The fraction of sp³-hybridized carbons (Fsp3) is 0.304. The Bertz CT molecular complexity index is 1090. The van der Waals surface area contributed by atoms with E-state index in [1.54, 1.807) is 11.3 Å². The Morgan fingerprint density at radius 2 is 2.10 bits per heavy atom. The van der Waals surface area contributed by atoms with Crippen molar-refractivity contribution in [3.63, 3.8) is 0 Å². The zero-order chi connectivity index (χ0) is 21.3. The number of nitrogens with zero attached hydrogens (tertiary/aromatic N) is 1. The van der Waals surface area contributed by atoms with Gasteiger partial charge in [-0.1, -0.05) is 22.9 Å². The summed E-state index contributed by atoms with van der Waals surface area (Å²) in [5.74, 6) is 1.10. The summed E-state index contributed by atoms with van der Waals surface area (Å²) in [4.78, 5) is 14.9. The fourth-order valence-corrected chi connectivity index (χ4v) is 5.38. The van der Waals surface area contributed by atoms with Gasteiger partial charge >= 0.3 is 0 Å². The predicted octanol–water partition coefficient (Wildman–Crippen LogP) is 5.47. The Kier molecular flexibility index (Phi) is 5.98. The van der Waals surface area contributed by atoms with Crippen molar-refractivity contribution in [3.8, 4) is 11.8 Å². The van der Waals surface area contributed by atoms with Crippen LogP contribution in [0.1, 0.15) is 47.4 Å². The van der Waals surface area contributed by atoms with Crippen LogP contribution in [0.25, 0.3) is 0 Å². The van der Waals surface area contributed by atoms with Gasteiger partial charge in [0.1, 0.15) is 29.8 Å². The SMILES string of the molecule is CCc1sc(C2C(C#N)=C(N)OC3=C2C(=O)CCC3)cc1COc1ccc(Br)cc1. The van der Waals surface area contributed by atoms with Crippen molar-refractivity contribution >= 4 is 33.0 Å². The van der Waals surface area contributed by atoms with Crippen LogP contribution in [0, 0.1) is 11.3 Å². The number of Topliss-reactive ketones (excluding diaryl/α,β-unsaturated/α-hetero) is 1. The van der Waals surface area contributed by atoms with Gasteiger partial charge in [0.15, 0.2) is 5.78 Å². The molecular formula is C23H21BrN2O3S. The van der Waals surface area contributed by atoms with Crippen LogP contribution < -0.4 is 10.5 Å². The number of thiophene rings is 1. The quantitative estimate of drug-likeness (QED) is 0.608. The Labute approximate surface area is 187 Å². The lowest BCUT2D eigenvalue weighted by Crippen LogP contribution is -2.27. The third-order valence-corrected chi connectivity index (χ3v) is 7.25. The molecule has 7 heteroatoms. The minimum Gasteiger partial charge on any atom is -0.489 e. The second kappa shape index (κ2) is 8.66. The first-order chi connectivity index (χ1) is 14.5. The molecule has 0 saturated carbocycles. The summed E-state index contributed by atoms with van der Waals surface area (Å²) in [6.45, 7) is 2.51. The molecule has 2 heterocycles. The summed E-state index contributed by atoms with van der Waals surface area (Å²) in [6, 6.07) is 11.9. The second-order valence-corrected chi connectivity index (χ2v) is 9.32. The molecule has 1 aliphatic heterocycles. The second-order valence-electron chi connectivity index (χ2n) is 7.23. The third kappa shape index (κ3) is 3.90. The number of allylic oxidation sites excluding steroid dienone is 3. The Morgan fingerprint density at radius 3 is 2.80 bits per heavy atom. The van der Waals surface area contributed by atoms with Crippen molar-refractivity contribution in [3.05, 3.63) is 72.9 Å². The summed E-state index contributed by atoms with van der Waals surface area (Å²) >= 11 is 5.04. The van der Waals surface area contributed by atoms with Crippen molar-refractivity contribution in [2.24, 2.45) is 5.73 Å². The minimum absolute atomic E-state index is 0.0422. The highest BCUT2D eigenvalue weighted by Crippen LogP contribution is 2.46. The van der Waals surface area contributed by atoms with Gasteiger partial charge in [-0.2, -0.15) is 5.26 Å². The van der Waals surface area contributed by atoms with E-state index in [-0.39, 0.29) is 11.7 Å². The average molecular weight is 485 g/mol. The van der Waals surface area contributed by atoms with E-state index in [1.165, 1.54) is 4.88 Å². The normalized spacial score (nSPS) is 18.7. The number of carbonyl (C=O) groups is 1. The topological polar surface area (TPSA) is 85.3 Å². The third-order valence-electron chi connectivity index (χ3n) is 5.33. The number of carbonyl (C=O) groups excluding carboxylic acids is 1. The van der Waals surface area contributed by atoms with Crippen molar-refractivity contribution < 1.29 is 14.3 Å². The van der Waals surface area contributed by atoms with Crippen molar-refractivity contribution in [1.82, 2.24) is 0 Å². The molecule has 4 rings (SSSR count). The van der Waals surface area contributed by atoms with Gasteiger partial charge in [0.25, 0.3) is 0 Å². The highest BCUT2D eigenvalue weighted by Gasteiger charge is 2.39. The van der Waals surface area contributed by atoms with Gasteiger partial charge in [-0.05, 0) is 43.2 Å². The van der Waals surface area contributed by atoms with Crippen LogP contribution in [0.3, 0.4) is 0 Å². The summed E-state index contributed by atoms with van der Waals surface area (Å²) < 4.78 is 12.6. The molecule has 1 aromatic carbocycles. The summed E-state index contributed by atoms with van der Waals surface area (Å²) in [7, 11) is 0. The highest BCUT2D eigenvalue weighted by molar-refractivity contribution is 9.10. The Hall–Kier alpha value is -2.56. The van der Waals surface area contributed by atoms with Gasteiger partial charge in [0.2, 0.25) is 5.88 Å². The summed E-state index contributed by atoms with van der Waals surface area (Å²) in [5, 5.41) is 9.75. The number of nitrogens with two attached hydrogens (primary N) is 1. The van der Waals surface area contributed by atoms with Gasteiger partial charge in [-0.3, -0.25) is 4.79 Å². The van der Waals surface area contributed by atoms with Crippen LogP contribution in [0.2, 0.25) is 0 Å². The zero-order valence-electron chi connectivity index (χ0n) is 16.5. The number of halogens is 1. The monoisotopic (exact) mass is 484 g/mol. The van der Waals surface area contributed by atoms with Crippen LogP contribution in [0.15, 0.2) is 57.6 Å². The molecule has 0 saturated heterocycles. The van der Waals surface area contributed by atoms with Gasteiger partial charge < -0.3 is 15.2 Å². The van der Waals surface area contributed by atoms with Crippen LogP contribution in [0.5, 0.6) is 5.75 Å². The Morgan fingerprint density at radius 1 is 1.33 bits per heavy atom. The van der Waals surface area contributed by atoms with Gasteiger partial charge in [-0.25, -0.2) is 0 Å². The van der Waals surface area contributed by atoms with Crippen LogP contribution in [-0.2, 0) is 22.6 Å². The van der Waals surface area contributed by atoms with Crippen molar-refractivity contribution in [1.29, 1.82) is 5.26 Å². The molecule has 154 valence electrons. The van der Waals surface area contributed by atoms with E-state index in [1.807, 2.05) is 24.3 Å². The molecule has 0 radical (unpaired) electrons. The molecule has 0 fully saturated rings. The van der Waals surface area contributed by atoms with E-state index >= 15 is 0 Å². The molecule has 1 unspecified atom stereocenters. The van der Waals surface area contributed by atoms with E-state index in [9.17, 15) is 10.1 Å². The number of rotatable bonds is 5. The lowest BCUT2D eigenvalue weighted by molar-refractivity contribution is -0.116. The number of ether oxygens (including phenoxy) is 2. The number of hydrogen-bond donors (Lipinski definition) is 1. The first-order valence-corrected chi connectivity index (χ1v) is 11.5. The van der Waals surface area contributed by atoms with Crippen LogP contribution in [-0.4, -0.2) is 5.78 Å². The molecule has 1 atom stereocenters. The minimum atomic E-state index is -0.455. The maximum Gasteiger partial charge on any atom is 0.205 e. The lowest BCUT2D eigenvalue weighted by atomic mass is 9.80. The van der Waals surface area contributed by atoms with E-state index in [2.05, 4.69) is 35.0 Å². The van der Waals surface area contributed by atoms with Crippen molar-refractivity contribution in [2.75, 3.05) is 0 Å².